The summed E-state index contributed by atoms with van der Waals surface area (Å²) >= 11 is 6.17. The Hall–Kier alpha value is -2.93. The zero-order valence-electron chi connectivity index (χ0n) is 17.1. The fourth-order valence-corrected chi connectivity index (χ4v) is 4.85. The number of nitrogens with one attached hydrogen (secondary N) is 1. The van der Waals surface area contributed by atoms with Crippen molar-refractivity contribution in [2.75, 3.05) is 26.2 Å². The number of carbonyl (C=O) groups excluding carboxylic acids is 2. The highest BCUT2D eigenvalue weighted by Gasteiger charge is 2.35. The normalized spacial score (nSPS) is 19.8. The van der Waals surface area contributed by atoms with Crippen molar-refractivity contribution in [3.05, 3.63) is 59.0 Å². The second-order valence-corrected chi connectivity index (χ2v) is 8.72. The van der Waals surface area contributed by atoms with Crippen LogP contribution in [0.2, 0.25) is 5.02 Å². The van der Waals surface area contributed by atoms with Crippen LogP contribution in [0.15, 0.2) is 42.6 Å². The fourth-order valence-electron chi connectivity index (χ4n) is 4.63. The summed E-state index contributed by atoms with van der Waals surface area (Å²) in [4.78, 5) is 41.9. The van der Waals surface area contributed by atoms with Crippen LogP contribution in [0, 0.1) is 5.92 Å². The van der Waals surface area contributed by atoms with Gasteiger partial charge in [0.2, 0.25) is 5.91 Å². The van der Waals surface area contributed by atoms with Gasteiger partial charge in [0.25, 0.3) is 5.91 Å². The smallest absolute Gasteiger partial charge is 0.255 e. The zero-order valence-corrected chi connectivity index (χ0v) is 17.9. The number of nitrogens with zero attached hydrogens (tertiary/aromatic N) is 4. The SMILES string of the molecule is O=C(c1ccccc1Cl)N1CCC(C(=O)N2CCC(c3nc4ncccc4[nH]3)C2)CC1. The summed E-state index contributed by atoms with van der Waals surface area (Å²) in [5.74, 6) is 1.22. The number of H-pyrrole nitrogens is 1. The van der Waals surface area contributed by atoms with Gasteiger partial charge in [-0.3, -0.25) is 9.59 Å². The molecular weight excluding hydrogens is 414 g/mol. The van der Waals surface area contributed by atoms with E-state index in [9.17, 15) is 9.59 Å². The number of aromatic nitrogens is 3. The monoisotopic (exact) mass is 437 g/mol. The number of rotatable bonds is 3. The summed E-state index contributed by atoms with van der Waals surface area (Å²) < 4.78 is 0. The average Bonchev–Trinajstić information content (AvgIpc) is 3.46. The van der Waals surface area contributed by atoms with Crippen LogP contribution >= 0.6 is 11.6 Å². The number of carbonyl (C=O) groups is 2. The molecular formula is C23H24ClN5O2. The van der Waals surface area contributed by atoms with Crippen molar-refractivity contribution < 1.29 is 9.59 Å². The van der Waals surface area contributed by atoms with Gasteiger partial charge in [0.05, 0.1) is 16.1 Å². The molecule has 8 heteroatoms. The Bertz CT molecular complexity index is 1090. The summed E-state index contributed by atoms with van der Waals surface area (Å²) in [6.45, 7) is 2.57. The zero-order chi connectivity index (χ0) is 21.4. The minimum absolute atomic E-state index is 0.0358. The number of piperidine rings is 1. The van der Waals surface area contributed by atoms with Crippen molar-refractivity contribution in [3.63, 3.8) is 0 Å². The Morgan fingerprint density at radius 1 is 1.00 bits per heavy atom. The molecule has 31 heavy (non-hydrogen) atoms. The van der Waals surface area contributed by atoms with Crippen LogP contribution in [0.25, 0.3) is 11.2 Å². The third kappa shape index (κ3) is 3.90. The first kappa shape index (κ1) is 20.0. The predicted molar refractivity (Wildman–Crippen MR) is 118 cm³/mol. The molecule has 0 radical (unpaired) electrons. The summed E-state index contributed by atoms with van der Waals surface area (Å²) in [6.07, 6.45) is 4.01. The van der Waals surface area contributed by atoms with E-state index in [1.165, 1.54) is 0 Å². The molecule has 2 amide bonds. The molecule has 0 bridgehead atoms. The number of hydrogen-bond donors (Lipinski definition) is 1. The lowest BCUT2D eigenvalue weighted by Crippen LogP contribution is -2.44. The maximum Gasteiger partial charge on any atom is 0.255 e. The van der Waals surface area contributed by atoms with Crippen LogP contribution in [0.5, 0.6) is 0 Å². The molecule has 0 aliphatic carbocycles. The summed E-state index contributed by atoms with van der Waals surface area (Å²) in [7, 11) is 0. The predicted octanol–water partition coefficient (Wildman–Crippen LogP) is 3.48. The van der Waals surface area contributed by atoms with Crippen molar-refractivity contribution >= 4 is 34.6 Å². The van der Waals surface area contributed by atoms with E-state index in [0.29, 0.717) is 43.1 Å². The van der Waals surface area contributed by atoms with Crippen LogP contribution in [0.1, 0.15) is 41.4 Å². The number of hydrogen-bond acceptors (Lipinski definition) is 4. The average molecular weight is 438 g/mol. The van der Waals surface area contributed by atoms with Crippen molar-refractivity contribution in [1.29, 1.82) is 0 Å². The lowest BCUT2D eigenvalue weighted by atomic mass is 9.95. The van der Waals surface area contributed by atoms with E-state index in [2.05, 4.69) is 15.0 Å². The molecule has 2 fully saturated rings. The molecule has 1 atom stereocenters. The lowest BCUT2D eigenvalue weighted by molar-refractivity contribution is -0.135. The molecule has 2 aliphatic rings. The van der Waals surface area contributed by atoms with E-state index in [4.69, 9.17) is 11.6 Å². The highest BCUT2D eigenvalue weighted by Crippen LogP contribution is 2.30. The van der Waals surface area contributed by atoms with Crippen molar-refractivity contribution in [3.8, 4) is 0 Å². The Kier molecular flexibility index (Phi) is 5.36. The van der Waals surface area contributed by atoms with Gasteiger partial charge in [-0.2, -0.15) is 0 Å². The molecule has 2 saturated heterocycles. The molecule has 1 N–H and O–H groups in total. The molecule has 5 rings (SSSR count). The Labute approximate surface area is 185 Å². The first-order valence-electron chi connectivity index (χ1n) is 10.7. The molecule has 1 unspecified atom stereocenters. The molecule has 2 aromatic heterocycles. The quantitative estimate of drug-likeness (QED) is 0.680. The maximum atomic E-state index is 13.1. The number of benzene rings is 1. The van der Waals surface area contributed by atoms with Crippen LogP contribution in [0.4, 0.5) is 0 Å². The van der Waals surface area contributed by atoms with E-state index in [-0.39, 0.29) is 23.7 Å². The summed E-state index contributed by atoms with van der Waals surface area (Å²) in [5.41, 5.74) is 2.17. The van der Waals surface area contributed by atoms with Gasteiger partial charge in [-0.25, -0.2) is 9.97 Å². The minimum atomic E-state index is -0.0590. The highest BCUT2D eigenvalue weighted by molar-refractivity contribution is 6.33. The third-order valence-corrected chi connectivity index (χ3v) is 6.73. The van der Waals surface area contributed by atoms with Gasteiger partial charge in [0.1, 0.15) is 5.82 Å². The minimum Gasteiger partial charge on any atom is -0.342 e. The molecule has 0 saturated carbocycles. The Morgan fingerprint density at radius 2 is 1.77 bits per heavy atom. The van der Waals surface area contributed by atoms with Gasteiger partial charge in [-0.15, -0.1) is 0 Å². The van der Waals surface area contributed by atoms with E-state index in [1.54, 1.807) is 23.2 Å². The van der Waals surface area contributed by atoms with E-state index >= 15 is 0 Å². The fraction of sp³-hybridized carbons (Fsp3) is 0.391. The van der Waals surface area contributed by atoms with Crippen LogP contribution < -0.4 is 0 Å². The van der Waals surface area contributed by atoms with Gasteiger partial charge in [-0.05, 0) is 43.5 Å². The molecule has 4 heterocycles. The van der Waals surface area contributed by atoms with E-state index < -0.39 is 0 Å². The lowest BCUT2D eigenvalue weighted by Gasteiger charge is -2.33. The topological polar surface area (TPSA) is 82.2 Å². The van der Waals surface area contributed by atoms with Crippen molar-refractivity contribution in [2.24, 2.45) is 5.92 Å². The van der Waals surface area contributed by atoms with Gasteiger partial charge < -0.3 is 14.8 Å². The van der Waals surface area contributed by atoms with Crippen LogP contribution in [-0.4, -0.2) is 62.7 Å². The van der Waals surface area contributed by atoms with Gasteiger partial charge >= 0.3 is 0 Å². The Balaban J connectivity index is 1.18. The number of fused-ring (bicyclic) bond motifs is 1. The largest absolute Gasteiger partial charge is 0.342 e. The molecule has 3 aromatic rings. The van der Waals surface area contributed by atoms with Gasteiger partial charge in [0, 0.05) is 44.2 Å². The summed E-state index contributed by atoms with van der Waals surface area (Å²) in [5, 5.41) is 0.467. The van der Waals surface area contributed by atoms with E-state index in [1.807, 2.05) is 29.2 Å². The highest BCUT2D eigenvalue weighted by atomic mass is 35.5. The molecule has 0 spiro atoms. The standard InChI is InChI=1S/C23H24ClN5O2/c24-18-5-2-1-4-17(18)23(31)28-11-7-15(8-12-28)22(30)29-13-9-16(14-29)20-26-19-6-3-10-25-21(19)27-20/h1-6,10,15-16H,7-9,11-14H2,(H,25,26,27). The number of pyridine rings is 1. The van der Waals surface area contributed by atoms with Gasteiger partial charge in [0.15, 0.2) is 5.65 Å². The number of amides is 2. The number of likely N-dealkylation sites (tertiary alicyclic amines) is 2. The second kappa shape index (κ2) is 8.30. The van der Waals surface area contributed by atoms with Crippen molar-refractivity contribution in [1.82, 2.24) is 24.8 Å². The number of aromatic amines is 1. The molecule has 160 valence electrons. The maximum absolute atomic E-state index is 13.1. The van der Waals surface area contributed by atoms with E-state index in [0.717, 1.165) is 30.0 Å². The molecule has 2 aliphatic heterocycles. The number of imidazole rings is 1. The summed E-state index contributed by atoms with van der Waals surface area (Å²) in [6, 6.07) is 11.0. The molecule has 1 aromatic carbocycles. The van der Waals surface area contributed by atoms with Crippen LogP contribution in [-0.2, 0) is 4.79 Å². The first-order chi connectivity index (χ1) is 15.1. The van der Waals surface area contributed by atoms with Crippen molar-refractivity contribution in [2.45, 2.75) is 25.2 Å². The third-order valence-electron chi connectivity index (χ3n) is 6.40. The molecule has 7 nitrogen and oxygen atoms in total. The first-order valence-corrected chi connectivity index (χ1v) is 11.1. The number of halogens is 1. The van der Waals surface area contributed by atoms with Gasteiger partial charge in [-0.1, -0.05) is 23.7 Å². The second-order valence-electron chi connectivity index (χ2n) is 8.31. The Morgan fingerprint density at radius 3 is 2.55 bits per heavy atom. The van der Waals surface area contributed by atoms with Crippen LogP contribution in [0.3, 0.4) is 0 Å².